The standard InChI is InChI=1S/C20H15N7O/c1-27-12-15-8-7-13(9-17(15)26-27)11-22-25-20-23-18(14-5-3-2-4-6-14)16(10-21)19(28)24-20/h2-9,11-12H,1H3,(H2,23,24,25,28). The number of aryl methyl sites for hydroxylation is 1. The minimum absolute atomic E-state index is 0.0404. The van der Waals surface area contributed by atoms with Crippen molar-refractivity contribution in [1.29, 1.82) is 5.26 Å². The van der Waals surface area contributed by atoms with Gasteiger partial charge in [0, 0.05) is 24.2 Å². The molecule has 0 saturated heterocycles. The van der Waals surface area contributed by atoms with Crippen molar-refractivity contribution in [1.82, 2.24) is 19.7 Å². The molecular weight excluding hydrogens is 354 g/mol. The molecule has 0 saturated carbocycles. The molecule has 2 aromatic heterocycles. The molecular formula is C20H15N7O. The van der Waals surface area contributed by atoms with E-state index < -0.39 is 5.56 Å². The van der Waals surface area contributed by atoms with E-state index in [4.69, 9.17) is 0 Å². The van der Waals surface area contributed by atoms with Crippen LogP contribution in [-0.4, -0.2) is 26.0 Å². The number of rotatable bonds is 4. The molecule has 136 valence electrons. The van der Waals surface area contributed by atoms with Crippen LogP contribution < -0.4 is 11.0 Å². The molecule has 4 rings (SSSR count). The maximum Gasteiger partial charge on any atom is 0.270 e. The summed E-state index contributed by atoms with van der Waals surface area (Å²) in [4.78, 5) is 19.1. The molecule has 2 aromatic carbocycles. The van der Waals surface area contributed by atoms with Crippen molar-refractivity contribution in [2.45, 2.75) is 0 Å². The molecule has 0 aliphatic heterocycles. The van der Waals surface area contributed by atoms with Crippen LogP contribution in [0.4, 0.5) is 5.95 Å². The average Bonchev–Trinajstić information content (AvgIpc) is 3.07. The van der Waals surface area contributed by atoms with E-state index in [1.165, 1.54) is 0 Å². The Hall–Kier alpha value is -4.25. The zero-order chi connectivity index (χ0) is 19.5. The molecule has 2 N–H and O–H groups in total. The van der Waals surface area contributed by atoms with Gasteiger partial charge in [-0.25, -0.2) is 10.4 Å². The fourth-order valence-corrected chi connectivity index (χ4v) is 2.84. The maximum atomic E-state index is 12.2. The number of nitriles is 1. The third kappa shape index (κ3) is 3.37. The van der Waals surface area contributed by atoms with E-state index >= 15 is 0 Å². The highest BCUT2D eigenvalue weighted by atomic mass is 16.1. The summed E-state index contributed by atoms with van der Waals surface area (Å²) in [6.45, 7) is 0. The number of fused-ring (bicyclic) bond motifs is 1. The summed E-state index contributed by atoms with van der Waals surface area (Å²) in [6.07, 6.45) is 3.54. The quantitative estimate of drug-likeness (QED) is 0.424. The van der Waals surface area contributed by atoms with Crippen LogP contribution in [0, 0.1) is 11.3 Å². The number of H-pyrrole nitrogens is 1. The van der Waals surface area contributed by atoms with Gasteiger partial charge in [-0.05, 0) is 11.6 Å². The lowest BCUT2D eigenvalue weighted by molar-refractivity contribution is 0.780. The van der Waals surface area contributed by atoms with Crippen molar-refractivity contribution in [3.8, 4) is 17.3 Å². The molecule has 0 atom stereocenters. The Kier molecular flexibility index (Phi) is 4.40. The molecule has 0 spiro atoms. The van der Waals surface area contributed by atoms with Gasteiger partial charge in [0.2, 0.25) is 5.95 Å². The molecule has 0 bridgehead atoms. The second-order valence-electron chi connectivity index (χ2n) is 6.11. The lowest BCUT2D eigenvalue weighted by Gasteiger charge is -2.05. The second kappa shape index (κ2) is 7.17. The Morgan fingerprint density at radius 1 is 1.25 bits per heavy atom. The van der Waals surface area contributed by atoms with Crippen molar-refractivity contribution >= 4 is 23.1 Å². The first-order chi connectivity index (χ1) is 13.6. The van der Waals surface area contributed by atoms with Crippen molar-refractivity contribution in [2.24, 2.45) is 12.1 Å². The number of nitrogens with one attached hydrogen (secondary N) is 2. The van der Waals surface area contributed by atoms with Crippen LogP contribution in [0.5, 0.6) is 0 Å². The molecule has 0 aliphatic rings. The summed E-state index contributed by atoms with van der Waals surface area (Å²) >= 11 is 0. The normalized spacial score (nSPS) is 11.0. The largest absolute Gasteiger partial charge is 0.290 e. The molecule has 4 aromatic rings. The SMILES string of the molecule is Cn1cc2ccc(C=NNc3nc(-c4ccccc4)c(C#N)c(=O)[nH]3)cc2n1. The molecule has 0 fully saturated rings. The highest BCUT2D eigenvalue weighted by molar-refractivity contribution is 5.88. The monoisotopic (exact) mass is 369 g/mol. The maximum absolute atomic E-state index is 12.2. The number of benzene rings is 2. The highest BCUT2D eigenvalue weighted by Crippen LogP contribution is 2.19. The topological polar surface area (TPSA) is 112 Å². The number of anilines is 1. The first kappa shape index (κ1) is 17.2. The van der Waals surface area contributed by atoms with E-state index in [1.54, 1.807) is 23.0 Å². The highest BCUT2D eigenvalue weighted by Gasteiger charge is 2.12. The van der Waals surface area contributed by atoms with Gasteiger partial charge in [-0.15, -0.1) is 0 Å². The third-order valence-corrected chi connectivity index (χ3v) is 4.11. The summed E-state index contributed by atoms with van der Waals surface area (Å²) in [7, 11) is 1.87. The lowest BCUT2D eigenvalue weighted by Crippen LogP contribution is -2.16. The summed E-state index contributed by atoms with van der Waals surface area (Å²) in [5.74, 6) is 0.151. The van der Waals surface area contributed by atoms with Crippen molar-refractivity contribution in [3.63, 3.8) is 0 Å². The summed E-state index contributed by atoms with van der Waals surface area (Å²) < 4.78 is 1.75. The van der Waals surface area contributed by atoms with Gasteiger partial charge in [0.15, 0.2) is 0 Å². The van der Waals surface area contributed by atoms with Crippen LogP contribution in [0.25, 0.3) is 22.2 Å². The molecule has 0 amide bonds. The first-order valence-electron chi connectivity index (χ1n) is 8.46. The van der Waals surface area contributed by atoms with Gasteiger partial charge in [-0.1, -0.05) is 42.5 Å². The molecule has 2 heterocycles. The smallest absolute Gasteiger partial charge is 0.270 e. The first-order valence-corrected chi connectivity index (χ1v) is 8.46. The summed E-state index contributed by atoms with van der Waals surface area (Å²) in [5.41, 5.74) is 4.84. The van der Waals surface area contributed by atoms with E-state index in [9.17, 15) is 10.1 Å². The molecule has 0 unspecified atom stereocenters. The van der Waals surface area contributed by atoms with Gasteiger partial charge in [-0.3, -0.25) is 14.5 Å². The minimum atomic E-state index is -0.524. The van der Waals surface area contributed by atoms with Crippen LogP contribution in [0.15, 0.2) is 64.6 Å². The average molecular weight is 369 g/mol. The Bertz CT molecular complexity index is 1280. The number of hydrogen-bond donors (Lipinski definition) is 2. The molecule has 8 heteroatoms. The molecule has 8 nitrogen and oxygen atoms in total. The van der Waals surface area contributed by atoms with Gasteiger partial charge >= 0.3 is 0 Å². The second-order valence-corrected chi connectivity index (χ2v) is 6.11. The Labute approximate surface area is 159 Å². The van der Waals surface area contributed by atoms with Crippen molar-refractivity contribution in [3.05, 3.63) is 76.2 Å². The fourth-order valence-electron chi connectivity index (χ4n) is 2.84. The summed E-state index contributed by atoms with van der Waals surface area (Å²) in [5, 5.41) is 18.8. The van der Waals surface area contributed by atoms with Gasteiger partial charge in [0.1, 0.15) is 11.6 Å². The number of aromatic amines is 1. The van der Waals surface area contributed by atoms with Gasteiger partial charge < -0.3 is 0 Å². The summed E-state index contributed by atoms with van der Waals surface area (Å²) in [6, 6.07) is 16.8. The predicted molar refractivity (Wildman–Crippen MR) is 107 cm³/mol. The molecule has 0 aliphatic carbocycles. The van der Waals surface area contributed by atoms with E-state index in [0.717, 1.165) is 16.5 Å². The van der Waals surface area contributed by atoms with Crippen LogP contribution in [0.2, 0.25) is 0 Å². The van der Waals surface area contributed by atoms with Crippen LogP contribution in [0.3, 0.4) is 0 Å². The number of hydrogen-bond acceptors (Lipinski definition) is 6. The lowest BCUT2D eigenvalue weighted by atomic mass is 10.1. The van der Waals surface area contributed by atoms with Crippen molar-refractivity contribution in [2.75, 3.05) is 5.43 Å². The van der Waals surface area contributed by atoms with Crippen molar-refractivity contribution < 1.29 is 0 Å². The molecule has 28 heavy (non-hydrogen) atoms. The Morgan fingerprint density at radius 3 is 2.86 bits per heavy atom. The van der Waals surface area contributed by atoms with Gasteiger partial charge in [0.25, 0.3) is 5.56 Å². The number of hydrazone groups is 1. The van der Waals surface area contributed by atoms with E-state index in [-0.39, 0.29) is 11.5 Å². The zero-order valence-corrected chi connectivity index (χ0v) is 14.9. The van der Waals surface area contributed by atoms with E-state index in [2.05, 4.69) is 25.6 Å². The third-order valence-electron chi connectivity index (χ3n) is 4.11. The van der Waals surface area contributed by atoms with E-state index in [1.807, 2.05) is 55.7 Å². The fraction of sp³-hybridized carbons (Fsp3) is 0.0500. The van der Waals surface area contributed by atoms with Crippen LogP contribution >= 0.6 is 0 Å². The Morgan fingerprint density at radius 2 is 2.07 bits per heavy atom. The van der Waals surface area contributed by atoms with E-state index in [0.29, 0.717) is 11.3 Å². The van der Waals surface area contributed by atoms with Crippen LogP contribution in [-0.2, 0) is 7.05 Å². The van der Waals surface area contributed by atoms with Gasteiger partial charge in [-0.2, -0.15) is 15.5 Å². The zero-order valence-electron chi connectivity index (χ0n) is 14.9. The number of aromatic nitrogens is 4. The number of nitrogens with zero attached hydrogens (tertiary/aromatic N) is 5. The molecule has 0 radical (unpaired) electrons. The Balaban J connectivity index is 1.62. The minimum Gasteiger partial charge on any atom is -0.290 e. The predicted octanol–water partition coefficient (Wildman–Crippen LogP) is 2.64. The van der Waals surface area contributed by atoms with Gasteiger partial charge in [0.05, 0.1) is 17.4 Å². The van der Waals surface area contributed by atoms with Crippen LogP contribution in [0.1, 0.15) is 11.1 Å².